The zero-order chi connectivity index (χ0) is 16.4. The van der Waals surface area contributed by atoms with Gasteiger partial charge >= 0.3 is 0 Å². The van der Waals surface area contributed by atoms with Crippen molar-refractivity contribution < 1.29 is 14.3 Å². The van der Waals surface area contributed by atoms with Gasteiger partial charge in [0.2, 0.25) is 0 Å². The normalized spacial score (nSPS) is 12.9. The average molecular weight is 330 g/mol. The van der Waals surface area contributed by atoms with Crippen molar-refractivity contribution in [3.63, 3.8) is 0 Å². The standard InChI is InChI=1S/C18H16ClNO3/c1-12(21)13-2-7-17-14(10-13)8-9-20(17)18(22)11-23-16-5-3-15(19)4-6-16/h2-7,10H,8-9,11H2,1H3. The van der Waals surface area contributed by atoms with Gasteiger partial charge in [0, 0.05) is 22.8 Å². The molecule has 2 aromatic carbocycles. The third kappa shape index (κ3) is 3.37. The fourth-order valence-corrected chi connectivity index (χ4v) is 2.76. The molecule has 0 radical (unpaired) electrons. The average Bonchev–Trinajstić information content (AvgIpc) is 2.97. The van der Waals surface area contributed by atoms with Crippen LogP contribution < -0.4 is 9.64 Å². The zero-order valence-corrected chi connectivity index (χ0v) is 13.5. The Balaban J connectivity index is 1.68. The Bertz CT molecular complexity index is 755. The predicted octanol–water partition coefficient (Wildman–Crippen LogP) is 3.51. The van der Waals surface area contributed by atoms with Crippen LogP contribution in [0.1, 0.15) is 22.8 Å². The van der Waals surface area contributed by atoms with E-state index in [1.807, 2.05) is 12.1 Å². The van der Waals surface area contributed by atoms with E-state index in [2.05, 4.69) is 0 Å². The zero-order valence-electron chi connectivity index (χ0n) is 12.7. The Hall–Kier alpha value is -2.33. The number of carbonyl (C=O) groups excluding carboxylic acids is 2. The third-order valence-electron chi connectivity index (χ3n) is 3.86. The van der Waals surface area contributed by atoms with E-state index in [1.54, 1.807) is 42.2 Å². The number of hydrogen-bond acceptors (Lipinski definition) is 3. The number of rotatable bonds is 4. The number of fused-ring (bicyclic) bond motifs is 1. The summed E-state index contributed by atoms with van der Waals surface area (Å²) in [7, 11) is 0. The van der Waals surface area contributed by atoms with Crippen molar-refractivity contribution in [3.8, 4) is 5.75 Å². The van der Waals surface area contributed by atoms with Gasteiger partial charge in [0.25, 0.3) is 5.91 Å². The highest BCUT2D eigenvalue weighted by Crippen LogP contribution is 2.29. The number of amides is 1. The minimum Gasteiger partial charge on any atom is -0.484 e. The smallest absolute Gasteiger partial charge is 0.264 e. The van der Waals surface area contributed by atoms with E-state index >= 15 is 0 Å². The quantitative estimate of drug-likeness (QED) is 0.806. The SMILES string of the molecule is CC(=O)c1ccc2c(c1)CCN2C(=O)COc1ccc(Cl)cc1. The van der Waals surface area contributed by atoms with Gasteiger partial charge in [0.1, 0.15) is 5.75 Å². The number of anilines is 1. The second-order valence-electron chi connectivity index (χ2n) is 5.44. The fraction of sp³-hybridized carbons (Fsp3) is 0.222. The van der Waals surface area contributed by atoms with E-state index in [0.29, 0.717) is 22.9 Å². The highest BCUT2D eigenvalue weighted by atomic mass is 35.5. The van der Waals surface area contributed by atoms with Crippen LogP contribution in [-0.2, 0) is 11.2 Å². The second kappa shape index (κ2) is 6.42. The summed E-state index contributed by atoms with van der Waals surface area (Å²) in [4.78, 5) is 25.5. The molecule has 0 aromatic heterocycles. The molecule has 0 fully saturated rings. The molecule has 1 aliphatic heterocycles. The molecule has 0 bridgehead atoms. The molecule has 0 saturated carbocycles. The molecule has 0 N–H and O–H groups in total. The summed E-state index contributed by atoms with van der Waals surface area (Å²) >= 11 is 5.81. The Morgan fingerprint density at radius 3 is 2.61 bits per heavy atom. The van der Waals surface area contributed by atoms with Gasteiger partial charge in [-0.05, 0) is 61.4 Å². The predicted molar refractivity (Wildman–Crippen MR) is 89.5 cm³/mol. The van der Waals surface area contributed by atoms with Gasteiger partial charge in [0.15, 0.2) is 12.4 Å². The number of Topliss-reactive ketones (excluding diaryl/α,β-unsaturated/α-hetero) is 1. The molecule has 5 heteroatoms. The minimum absolute atomic E-state index is 0.0312. The summed E-state index contributed by atoms with van der Waals surface area (Å²) in [5.41, 5.74) is 2.56. The molecule has 0 atom stereocenters. The Labute approximate surface area is 139 Å². The number of ketones is 1. The number of halogens is 1. The number of hydrogen-bond donors (Lipinski definition) is 0. The maximum atomic E-state index is 12.4. The van der Waals surface area contributed by atoms with Crippen molar-refractivity contribution in [2.45, 2.75) is 13.3 Å². The number of benzene rings is 2. The monoisotopic (exact) mass is 329 g/mol. The molecule has 1 heterocycles. The molecule has 0 saturated heterocycles. The van der Waals surface area contributed by atoms with E-state index in [-0.39, 0.29) is 18.3 Å². The van der Waals surface area contributed by atoms with Gasteiger partial charge in [-0.3, -0.25) is 9.59 Å². The van der Waals surface area contributed by atoms with Crippen molar-refractivity contribution in [1.82, 2.24) is 0 Å². The molecule has 0 unspecified atom stereocenters. The lowest BCUT2D eigenvalue weighted by Gasteiger charge is -2.17. The molecular weight excluding hydrogens is 314 g/mol. The summed E-state index contributed by atoms with van der Waals surface area (Å²) in [6.07, 6.45) is 0.753. The van der Waals surface area contributed by atoms with Crippen LogP contribution in [0.3, 0.4) is 0 Å². The van der Waals surface area contributed by atoms with Crippen LogP contribution >= 0.6 is 11.6 Å². The number of nitrogens with zero attached hydrogens (tertiary/aromatic N) is 1. The minimum atomic E-state index is -0.103. The molecule has 118 valence electrons. The van der Waals surface area contributed by atoms with Gasteiger partial charge in [-0.1, -0.05) is 11.6 Å². The van der Waals surface area contributed by atoms with Crippen molar-refractivity contribution in [1.29, 1.82) is 0 Å². The highest BCUT2D eigenvalue weighted by molar-refractivity contribution is 6.30. The number of ether oxygens (including phenoxy) is 1. The first-order valence-corrected chi connectivity index (χ1v) is 7.75. The second-order valence-corrected chi connectivity index (χ2v) is 5.87. The summed E-state index contributed by atoms with van der Waals surface area (Å²) < 4.78 is 5.51. The van der Waals surface area contributed by atoms with Gasteiger partial charge in [0.05, 0.1) is 0 Å². The van der Waals surface area contributed by atoms with E-state index < -0.39 is 0 Å². The first-order chi connectivity index (χ1) is 11.0. The van der Waals surface area contributed by atoms with Crippen molar-refractivity contribution in [2.75, 3.05) is 18.1 Å². The Kier molecular flexibility index (Phi) is 4.35. The van der Waals surface area contributed by atoms with Crippen molar-refractivity contribution in [2.24, 2.45) is 0 Å². The Morgan fingerprint density at radius 2 is 1.91 bits per heavy atom. The lowest BCUT2D eigenvalue weighted by Crippen LogP contribution is -2.33. The topological polar surface area (TPSA) is 46.6 Å². The molecule has 4 nitrogen and oxygen atoms in total. The van der Waals surface area contributed by atoms with Crippen molar-refractivity contribution >= 4 is 29.0 Å². The Morgan fingerprint density at radius 1 is 1.17 bits per heavy atom. The lowest BCUT2D eigenvalue weighted by atomic mass is 10.1. The van der Waals surface area contributed by atoms with Crippen LogP contribution in [0.5, 0.6) is 5.75 Å². The van der Waals surface area contributed by atoms with Crippen LogP contribution in [0.15, 0.2) is 42.5 Å². The summed E-state index contributed by atoms with van der Waals surface area (Å²) in [5, 5.41) is 0.624. The maximum absolute atomic E-state index is 12.4. The molecule has 1 aliphatic rings. The number of carbonyl (C=O) groups is 2. The van der Waals surface area contributed by atoms with E-state index in [1.165, 1.54) is 0 Å². The fourth-order valence-electron chi connectivity index (χ4n) is 2.63. The first kappa shape index (κ1) is 15.6. The van der Waals surface area contributed by atoms with Crippen LogP contribution in [-0.4, -0.2) is 24.8 Å². The van der Waals surface area contributed by atoms with E-state index in [0.717, 1.165) is 17.7 Å². The highest BCUT2D eigenvalue weighted by Gasteiger charge is 2.25. The summed E-state index contributed by atoms with van der Waals surface area (Å²) in [6.45, 7) is 2.12. The molecule has 3 rings (SSSR count). The molecule has 0 aliphatic carbocycles. The van der Waals surface area contributed by atoms with Gasteiger partial charge < -0.3 is 9.64 Å². The maximum Gasteiger partial charge on any atom is 0.264 e. The first-order valence-electron chi connectivity index (χ1n) is 7.37. The van der Waals surface area contributed by atoms with Crippen LogP contribution in [0.4, 0.5) is 5.69 Å². The van der Waals surface area contributed by atoms with Crippen LogP contribution in [0.25, 0.3) is 0 Å². The molecule has 1 amide bonds. The van der Waals surface area contributed by atoms with Gasteiger partial charge in [-0.2, -0.15) is 0 Å². The van der Waals surface area contributed by atoms with Crippen LogP contribution in [0, 0.1) is 0 Å². The molecular formula is C18H16ClNO3. The molecule has 0 spiro atoms. The third-order valence-corrected chi connectivity index (χ3v) is 4.11. The summed E-state index contributed by atoms with van der Waals surface area (Å²) in [6, 6.07) is 12.3. The molecule has 23 heavy (non-hydrogen) atoms. The van der Waals surface area contributed by atoms with Crippen LogP contribution in [0.2, 0.25) is 5.02 Å². The lowest BCUT2D eigenvalue weighted by molar-refractivity contribution is -0.120. The van der Waals surface area contributed by atoms with Crippen molar-refractivity contribution in [3.05, 3.63) is 58.6 Å². The van der Waals surface area contributed by atoms with Gasteiger partial charge in [-0.15, -0.1) is 0 Å². The largest absolute Gasteiger partial charge is 0.484 e. The van der Waals surface area contributed by atoms with Gasteiger partial charge in [-0.25, -0.2) is 0 Å². The van der Waals surface area contributed by atoms with E-state index in [4.69, 9.17) is 16.3 Å². The summed E-state index contributed by atoms with van der Waals surface area (Å²) in [5.74, 6) is 0.534. The molecule has 2 aromatic rings. The van der Waals surface area contributed by atoms with E-state index in [9.17, 15) is 9.59 Å².